The minimum absolute atomic E-state index is 0.326. The third-order valence-corrected chi connectivity index (χ3v) is 6.14. The highest BCUT2D eigenvalue weighted by atomic mass is 127. The normalized spacial score (nSPS) is 10.9. The first kappa shape index (κ1) is 23.6. The second-order valence-electron chi connectivity index (χ2n) is 7.39. The van der Waals surface area contributed by atoms with Gasteiger partial charge >= 0.3 is 0 Å². The summed E-state index contributed by atoms with van der Waals surface area (Å²) in [6.07, 6.45) is 1.55. The number of ether oxygens (including phenoxy) is 3. The molecule has 0 bridgehead atoms. The van der Waals surface area contributed by atoms with Crippen LogP contribution in [0.3, 0.4) is 0 Å². The molecule has 0 saturated carbocycles. The Kier molecular flexibility index (Phi) is 7.64. The summed E-state index contributed by atoms with van der Waals surface area (Å²) < 4.78 is 17.8. The summed E-state index contributed by atoms with van der Waals surface area (Å²) in [6, 6.07) is 25.1. The fourth-order valence-corrected chi connectivity index (χ4v) is 4.04. The molecule has 0 radical (unpaired) electrons. The van der Waals surface area contributed by atoms with E-state index in [1.807, 2.05) is 42.5 Å². The van der Waals surface area contributed by atoms with Gasteiger partial charge in [-0.05, 0) is 80.9 Å². The molecule has 0 aliphatic carbocycles. The van der Waals surface area contributed by atoms with Gasteiger partial charge in [-0.15, -0.1) is 0 Å². The number of methoxy groups -OCH3 is 2. The Morgan fingerprint density at radius 2 is 1.71 bits per heavy atom. The van der Waals surface area contributed by atoms with E-state index in [-0.39, 0.29) is 5.91 Å². The lowest BCUT2D eigenvalue weighted by Crippen LogP contribution is -2.17. The molecule has 1 amide bonds. The fourth-order valence-electron chi connectivity index (χ4n) is 3.49. The summed E-state index contributed by atoms with van der Waals surface area (Å²) in [5, 5.41) is 6.40. The van der Waals surface area contributed by atoms with E-state index >= 15 is 0 Å². The second-order valence-corrected chi connectivity index (χ2v) is 8.55. The van der Waals surface area contributed by atoms with Crippen LogP contribution in [-0.2, 0) is 6.61 Å². The molecule has 4 aromatic rings. The Balaban J connectivity index is 1.42. The first-order valence-electron chi connectivity index (χ1n) is 10.5. The van der Waals surface area contributed by atoms with Crippen LogP contribution in [0.4, 0.5) is 0 Å². The summed E-state index contributed by atoms with van der Waals surface area (Å²) in [5.41, 5.74) is 4.85. The SMILES string of the molecule is COc1cc(C(=O)N/N=C\c2ccc(OCc3cccc4ccccc34)c(OC)c2)ccc1I. The predicted molar refractivity (Wildman–Crippen MR) is 142 cm³/mol. The van der Waals surface area contributed by atoms with E-state index in [0.717, 1.165) is 20.1 Å². The van der Waals surface area contributed by atoms with E-state index in [4.69, 9.17) is 14.2 Å². The molecular formula is C27H23IN2O4. The maximum absolute atomic E-state index is 12.4. The van der Waals surface area contributed by atoms with Crippen LogP contribution in [0.2, 0.25) is 0 Å². The number of rotatable bonds is 8. The van der Waals surface area contributed by atoms with Gasteiger partial charge in [-0.3, -0.25) is 4.79 Å². The van der Waals surface area contributed by atoms with Crippen LogP contribution in [0.5, 0.6) is 17.2 Å². The molecule has 34 heavy (non-hydrogen) atoms. The number of amides is 1. The summed E-state index contributed by atoms with van der Waals surface area (Å²) in [7, 11) is 3.16. The van der Waals surface area contributed by atoms with E-state index in [1.165, 1.54) is 5.39 Å². The van der Waals surface area contributed by atoms with Crippen molar-refractivity contribution < 1.29 is 19.0 Å². The zero-order valence-corrected chi connectivity index (χ0v) is 20.9. The van der Waals surface area contributed by atoms with E-state index < -0.39 is 0 Å². The maximum atomic E-state index is 12.4. The molecule has 4 aromatic carbocycles. The number of benzene rings is 4. The lowest BCUT2D eigenvalue weighted by atomic mass is 10.1. The van der Waals surface area contributed by atoms with Crippen LogP contribution in [0, 0.1) is 3.57 Å². The van der Waals surface area contributed by atoms with E-state index in [1.54, 1.807) is 32.6 Å². The molecule has 0 heterocycles. The minimum atomic E-state index is -0.326. The first-order valence-corrected chi connectivity index (χ1v) is 11.6. The van der Waals surface area contributed by atoms with Gasteiger partial charge in [0.1, 0.15) is 12.4 Å². The number of nitrogens with zero attached hydrogens (tertiary/aromatic N) is 1. The van der Waals surface area contributed by atoms with Crippen molar-refractivity contribution in [2.75, 3.05) is 14.2 Å². The monoisotopic (exact) mass is 566 g/mol. The van der Waals surface area contributed by atoms with Crippen LogP contribution in [0.15, 0.2) is 84.0 Å². The number of carbonyl (C=O) groups is 1. The third-order valence-electron chi connectivity index (χ3n) is 5.24. The van der Waals surface area contributed by atoms with Gasteiger partial charge in [0.25, 0.3) is 5.91 Å². The van der Waals surface area contributed by atoms with E-state index in [2.05, 4.69) is 57.4 Å². The van der Waals surface area contributed by atoms with Crippen LogP contribution in [0.1, 0.15) is 21.5 Å². The van der Waals surface area contributed by atoms with Gasteiger partial charge in [0.05, 0.1) is 24.0 Å². The van der Waals surface area contributed by atoms with Crippen molar-refractivity contribution in [3.05, 3.63) is 99.1 Å². The average molecular weight is 566 g/mol. The molecule has 4 rings (SSSR count). The van der Waals surface area contributed by atoms with Gasteiger partial charge < -0.3 is 14.2 Å². The maximum Gasteiger partial charge on any atom is 0.271 e. The van der Waals surface area contributed by atoms with Crippen molar-refractivity contribution in [1.82, 2.24) is 5.43 Å². The highest BCUT2D eigenvalue weighted by molar-refractivity contribution is 14.1. The van der Waals surface area contributed by atoms with Crippen molar-refractivity contribution in [2.24, 2.45) is 5.10 Å². The number of nitrogens with one attached hydrogen (secondary N) is 1. The number of carbonyl (C=O) groups excluding carboxylic acids is 1. The van der Waals surface area contributed by atoms with Gasteiger partial charge in [0, 0.05) is 5.56 Å². The molecule has 0 fully saturated rings. The van der Waals surface area contributed by atoms with Crippen molar-refractivity contribution in [1.29, 1.82) is 0 Å². The Hall–Kier alpha value is -3.59. The largest absolute Gasteiger partial charge is 0.496 e. The minimum Gasteiger partial charge on any atom is -0.496 e. The zero-order valence-electron chi connectivity index (χ0n) is 18.7. The number of hydrogen-bond donors (Lipinski definition) is 1. The molecule has 7 heteroatoms. The number of hydrogen-bond acceptors (Lipinski definition) is 5. The summed E-state index contributed by atoms with van der Waals surface area (Å²) in [6.45, 7) is 0.417. The van der Waals surface area contributed by atoms with Crippen LogP contribution < -0.4 is 19.6 Å². The van der Waals surface area contributed by atoms with Gasteiger partial charge in [-0.1, -0.05) is 42.5 Å². The van der Waals surface area contributed by atoms with Crippen LogP contribution >= 0.6 is 22.6 Å². The molecule has 0 spiro atoms. The average Bonchev–Trinajstić information content (AvgIpc) is 2.87. The highest BCUT2D eigenvalue weighted by Crippen LogP contribution is 2.29. The molecule has 0 aromatic heterocycles. The Morgan fingerprint density at radius 1 is 0.912 bits per heavy atom. The van der Waals surface area contributed by atoms with Crippen molar-refractivity contribution in [3.8, 4) is 17.2 Å². The lowest BCUT2D eigenvalue weighted by molar-refractivity contribution is 0.0954. The van der Waals surface area contributed by atoms with Crippen molar-refractivity contribution in [2.45, 2.75) is 6.61 Å². The Bertz CT molecular complexity index is 1350. The molecule has 0 atom stereocenters. The van der Waals surface area contributed by atoms with Gasteiger partial charge in [-0.2, -0.15) is 5.10 Å². The molecule has 6 nitrogen and oxygen atoms in total. The van der Waals surface area contributed by atoms with Gasteiger partial charge in [0.2, 0.25) is 0 Å². The Labute approximate surface area is 211 Å². The molecular weight excluding hydrogens is 543 g/mol. The van der Waals surface area contributed by atoms with Crippen molar-refractivity contribution >= 4 is 45.5 Å². The van der Waals surface area contributed by atoms with Gasteiger partial charge in [-0.25, -0.2) is 5.43 Å². The highest BCUT2D eigenvalue weighted by Gasteiger charge is 2.09. The lowest BCUT2D eigenvalue weighted by Gasteiger charge is -2.12. The number of fused-ring (bicyclic) bond motifs is 1. The zero-order chi connectivity index (χ0) is 23.9. The summed E-state index contributed by atoms with van der Waals surface area (Å²) in [4.78, 5) is 12.4. The summed E-state index contributed by atoms with van der Waals surface area (Å²) in [5.74, 6) is 1.52. The molecule has 172 valence electrons. The van der Waals surface area contributed by atoms with Crippen LogP contribution in [-0.4, -0.2) is 26.3 Å². The molecule has 0 unspecified atom stereocenters. The fraction of sp³-hybridized carbons (Fsp3) is 0.111. The molecule has 0 aliphatic heterocycles. The molecule has 0 aliphatic rings. The third kappa shape index (κ3) is 5.48. The number of hydrazone groups is 1. The van der Waals surface area contributed by atoms with Crippen LogP contribution in [0.25, 0.3) is 10.8 Å². The quantitative estimate of drug-likeness (QED) is 0.166. The smallest absolute Gasteiger partial charge is 0.271 e. The predicted octanol–water partition coefficient (Wildman–Crippen LogP) is 5.80. The second kappa shape index (κ2) is 11.0. The van der Waals surface area contributed by atoms with Gasteiger partial charge in [0.15, 0.2) is 11.5 Å². The molecule has 0 saturated heterocycles. The number of halogens is 1. The Morgan fingerprint density at radius 3 is 2.53 bits per heavy atom. The molecule has 1 N–H and O–H groups in total. The summed E-state index contributed by atoms with van der Waals surface area (Å²) >= 11 is 2.15. The van der Waals surface area contributed by atoms with Crippen molar-refractivity contribution in [3.63, 3.8) is 0 Å². The first-order chi connectivity index (χ1) is 16.6. The van der Waals surface area contributed by atoms with E-state index in [9.17, 15) is 4.79 Å². The standard InChI is InChI=1S/C27H23IN2O4/c1-32-25-15-20(11-12-23(25)28)27(31)30-29-16-18-10-13-24(26(14-18)33-2)34-17-21-8-5-7-19-6-3-4-9-22(19)21/h3-16H,17H2,1-2H3,(H,30,31)/b29-16-. The van der Waals surface area contributed by atoms with E-state index in [0.29, 0.717) is 29.4 Å². The topological polar surface area (TPSA) is 69.2 Å².